The molecule has 0 bridgehead atoms. The van der Waals surface area contributed by atoms with E-state index in [0.717, 1.165) is 43.0 Å². The molecule has 0 spiro atoms. The number of rotatable bonds is 6. The van der Waals surface area contributed by atoms with E-state index in [1.165, 1.54) is 0 Å². The van der Waals surface area contributed by atoms with Crippen molar-refractivity contribution in [2.45, 2.75) is 19.3 Å². The fourth-order valence-electron chi connectivity index (χ4n) is 3.23. The van der Waals surface area contributed by atoms with Crippen molar-refractivity contribution in [2.24, 2.45) is 5.92 Å². The summed E-state index contributed by atoms with van der Waals surface area (Å²) in [6, 6.07) is 14.4. The minimum absolute atomic E-state index is 0.127. The minimum Gasteiger partial charge on any atom is -0.508 e. The Hall–Kier alpha value is -2.69. The molecule has 1 atom stereocenters. The summed E-state index contributed by atoms with van der Waals surface area (Å²) >= 11 is 0. The lowest BCUT2D eigenvalue weighted by atomic mass is 9.98. The van der Waals surface area contributed by atoms with Crippen LogP contribution in [0.25, 0.3) is 0 Å². The summed E-state index contributed by atoms with van der Waals surface area (Å²) in [6.07, 6.45) is 2.42. The summed E-state index contributed by atoms with van der Waals surface area (Å²) in [5, 5.41) is 9.34. The molecule has 0 aliphatic carbocycles. The maximum atomic E-state index is 12.6. The van der Waals surface area contributed by atoms with Crippen molar-refractivity contribution in [2.75, 3.05) is 26.8 Å². The molecule has 1 saturated heterocycles. The Morgan fingerprint density at radius 2 is 1.96 bits per heavy atom. The Bertz CT molecular complexity index is 729. The highest BCUT2D eigenvalue weighted by atomic mass is 16.5. The molecular weight excluding hydrogens is 330 g/mol. The molecule has 1 aliphatic rings. The van der Waals surface area contributed by atoms with Crippen LogP contribution in [-0.4, -0.2) is 42.7 Å². The molecule has 1 heterocycles. The summed E-state index contributed by atoms with van der Waals surface area (Å²) in [6.45, 7) is 2.11. The number of carbonyl (C=O) groups excluding carboxylic acids is 1. The molecule has 1 amide bonds. The molecule has 0 aromatic heterocycles. The highest BCUT2D eigenvalue weighted by molar-refractivity contribution is 5.78. The number of amides is 1. The van der Waals surface area contributed by atoms with E-state index in [9.17, 15) is 9.90 Å². The number of phenolic OH excluding ortho intramolecular Hbond substituents is 1. The summed E-state index contributed by atoms with van der Waals surface area (Å²) < 4.78 is 11.1. The van der Waals surface area contributed by atoms with Crippen LogP contribution in [0.5, 0.6) is 17.2 Å². The molecule has 0 saturated carbocycles. The van der Waals surface area contributed by atoms with Gasteiger partial charge < -0.3 is 19.5 Å². The summed E-state index contributed by atoms with van der Waals surface area (Å²) in [5.41, 5.74) is 0.919. The molecule has 2 aromatic rings. The molecule has 1 fully saturated rings. The predicted molar refractivity (Wildman–Crippen MR) is 99.6 cm³/mol. The van der Waals surface area contributed by atoms with Crippen LogP contribution in [0, 0.1) is 5.92 Å². The van der Waals surface area contributed by atoms with Crippen LogP contribution in [0.3, 0.4) is 0 Å². The van der Waals surface area contributed by atoms with E-state index in [1.54, 1.807) is 31.4 Å². The van der Waals surface area contributed by atoms with E-state index in [0.29, 0.717) is 18.9 Å². The number of likely N-dealkylation sites (tertiary alicyclic amines) is 1. The Labute approximate surface area is 154 Å². The number of nitrogens with zero attached hydrogens (tertiary/aromatic N) is 1. The van der Waals surface area contributed by atoms with Gasteiger partial charge in [0.05, 0.1) is 20.1 Å². The zero-order chi connectivity index (χ0) is 18.4. The van der Waals surface area contributed by atoms with Crippen LogP contribution >= 0.6 is 0 Å². The third-order valence-corrected chi connectivity index (χ3v) is 4.69. The average Bonchev–Trinajstić information content (AvgIpc) is 2.68. The Morgan fingerprint density at radius 1 is 1.19 bits per heavy atom. The first kappa shape index (κ1) is 18.1. The normalized spacial score (nSPS) is 17.0. The van der Waals surface area contributed by atoms with Crippen molar-refractivity contribution < 1.29 is 19.4 Å². The molecule has 1 unspecified atom stereocenters. The number of hydrogen-bond acceptors (Lipinski definition) is 4. The standard InChI is InChI=1S/C21H25NO4/c1-25-19-5-2-6-20(13-19)26-15-17-4-3-11-22(14-17)21(24)12-16-7-9-18(23)10-8-16/h2,5-10,13,17,23H,3-4,11-12,14-15H2,1H3. The molecule has 138 valence electrons. The van der Waals surface area contributed by atoms with Gasteiger partial charge in [0.25, 0.3) is 0 Å². The van der Waals surface area contributed by atoms with Gasteiger partial charge in [-0.15, -0.1) is 0 Å². The highest BCUT2D eigenvalue weighted by Crippen LogP contribution is 2.22. The lowest BCUT2D eigenvalue weighted by Crippen LogP contribution is -2.42. The van der Waals surface area contributed by atoms with E-state index in [1.807, 2.05) is 29.2 Å². The van der Waals surface area contributed by atoms with E-state index in [4.69, 9.17) is 9.47 Å². The molecular formula is C21H25NO4. The van der Waals surface area contributed by atoms with Gasteiger partial charge >= 0.3 is 0 Å². The minimum atomic E-state index is 0.127. The molecule has 26 heavy (non-hydrogen) atoms. The number of aromatic hydroxyl groups is 1. The van der Waals surface area contributed by atoms with Gasteiger partial charge in [0.15, 0.2) is 0 Å². The fourth-order valence-corrected chi connectivity index (χ4v) is 3.23. The Morgan fingerprint density at radius 3 is 2.73 bits per heavy atom. The highest BCUT2D eigenvalue weighted by Gasteiger charge is 2.24. The number of hydrogen-bond donors (Lipinski definition) is 1. The fraction of sp³-hybridized carbons (Fsp3) is 0.381. The molecule has 3 rings (SSSR count). The summed E-state index contributed by atoms with van der Waals surface area (Å²) in [4.78, 5) is 14.5. The molecule has 1 N–H and O–H groups in total. The summed E-state index contributed by atoms with van der Waals surface area (Å²) in [7, 11) is 1.64. The van der Waals surface area contributed by atoms with Gasteiger partial charge in [-0.05, 0) is 42.7 Å². The van der Waals surface area contributed by atoms with Gasteiger partial charge in [-0.2, -0.15) is 0 Å². The molecule has 5 heteroatoms. The third-order valence-electron chi connectivity index (χ3n) is 4.69. The van der Waals surface area contributed by atoms with E-state index >= 15 is 0 Å². The maximum Gasteiger partial charge on any atom is 0.227 e. The lowest BCUT2D eigenvalue weighted by Gasteiger charge is -2.32. The van der Waals surface area contributed by atoms with E-state index in [-0.39, 0.29) is 11.7 Å². The second-order valence-electron chi connectivity index (χ2n) is 6.68. The van der Waals surface area contributed by atoms with Crippen LogP contribution in [0.1, 0.15) is 18.4 Å². The predicted octanol–water partition coefficient (Wildman–Crippen LogP) is 3.26. The van der Waals surface area contributed by atoms with Crippen LogP contribution < -0.4 is 9.47 Å². The largest absolute Gasteiger partial charge is 0.508 e. The van der Waals surface area contributed by atoms with Gasteiger partial charge in [-0.25, -0.2) is 0 Å². The first-order chi connectivity index (χ1) is 12.6. The number of phenols is 1. The maximum absolute atomic E-state index is 12.6. The zero-order valence-corrected chi connectivity index (χ0v) is 15.1. The number of methoxy groups -OCH3 is 1. The number of carbonyl (C=O) groups is 1. The smallest absolute Gasteiger partial charge is 0.227 e. The van der Waals surface area contributed by atoms with Crippen LogP contribution in [-0.2, 0) is 11.2 Å². The van der Waals surface area contributed by atoms with E-state index < -0.39 is 0 Å². The first-order valence-corrected chi connectivity index (χ1v) is 8.96. The van der Waals surface area contributed by atoms with Gasteiger partial charge in [0, 0.05) is 25.1 Å². The molecule has 5 nitrogen and oxygen atoms in total. The first-order valence-electron chi connectivity index (χ1n) is 8.96. The van der Waals surface area contributed by atoms with Crippen molar-refractivity contribution in [3.63, 3.8) is 0 Å². The molecule has 0 radical (unpaired) electrons. The molecule has 1 aliphatic heterocycles. The van der Waals surface area contributed by atoms with Gasteiger partial charge in [-0.1, -0.05) is 18.2 Å². The topological polar surface area (TPSA) is 59.0 Å². The van der Waals surface area contributed by atoms with Crippen LogP contribution in [0.4, 0.5) is 0 Å². The summed E-state index contributed by atoms with van der Waals surface area (Å²) in [5.74, 6) is 2.24. The van der Waals surface area contributed by atoms with Gasteiger partial charge in [0.2, 0.25) is 5.91 Å². The quantitative estimate of drug-likeness (QED) is 0.864. The average molecular weight is 355 g/mol. The van der Waals surface area contributed by atoms with Gasteiger partial charge in [-0.3, -0.25) is 4.79 Å². The van der Waals surface area contributed by atoms with Crippen molar-refractivity contribution in [3.8, 4) is 17.2 Å². The number of piperidine rings is 1. The van der Waals surface area contributed by atoms with Crippen molar-refractivity contribution >= 4 is 5.91 Å². The lowest BCUT2D eigenvalue weighted by molar-refractivity contribution is -0.132. The monoisotopic (exact) mass is 355 g/mol. The van der Waals surface area contributed by atoms with E-state index in [2.05, 4.69) is 0 Å². The Balaban J connectivity index is 1.51. The number of benzene rings is 2. The molecule has 2 aromatic carbocycles. The zero-order valence-electron chi connectivity index (χ0n) is 15.1. The van der Waals surface area contributed by atoms with Crippen LogP contribution in [0.2, 0.25) is 0 Å². The number of ether oxygens (including phenoxy) is 2. The third kappa shape index (κ3) is 4.91. The van der Waals surface area contributed by atoms with Crippen LogP contribution in [0.15, 0.2) is 48.5 Å². The van der Waals surface area contributed by atoms with Crippen molar-refractivity contribution in [3.05, 3.63) is 54.1 Å². The van der Waals surface area contributed by atoms with Crippen molar-refractivity contribution in [1.82, 2.24) is 4.90 Å². The SMILES string of the molecule is COc1cccc(OCC2CCCN(C(=O)Cc3ccc(O)cc3)C2)c1. The van der Waals surface area contributed by atoms with Gasteiger partial charge in [0.1, 0.15) is 17.2 Å². The van der Waals surface area contributed by atoms with Crippen molar-refractivity contribution in [1.29, 1.82) is 0 Å². The second kappa shape index (κ2) is 8.61. The second-order valence-corrected chi connectivity index (χ2v) is 6.68. The Kier molecular flexibility index (Phi) is 6.00.